The molecule has 0 radical (unpaired) electrons. The van der Waals surface area contributed by atoms with Crippen molar-refractivity contribution in [3.05, 3.63) is 41.2 Å². The zero-order chi connectivity index (χ0) is 14.5. The van der Waals surface area contributed by atoms with E-state index in [0.717, 1.165) is 42.3 Å². The lowest BCUT2D eigenvalue weighted by atomic mass is 10.2. The molecule has 0 bridgehead atoms. The molecule has 0 fully saturated rings. The second-order valence-corrected chi connectivity index (χ2v) is 4.66. The molecule has 4 nitrogen and oxygen atoms in total. The van der Waals surface area contributed by atoms with Crippen LogP contribution in [0.15, 0.2) is 18.2 Å². The molecular formula is C15H21FN4. The monoisotopic (exact) mass is 276 g/mol. The predicted molar refractivity (Wildman–Crippen MR) is 77.5 cm³/mol. The first-order valence-electron chi connectivity index (χ1n) is 7.13. The van der Waals surface area contributed by atoms with Gasteiger partial charge in [-0.15, -0.1) is 0 Å². The molecule has 0 atom stereocenters. The van der Waals surface area contributed by atoms with E-state index in [1.54, 1.807) is 10.7 Å². The maximum atomic E-state index is 13.8. The number of aromatic nitrogens is 3. The number of nitrogens with one attached hydrogen (secondary N) is 1. The summed E-state index contributed by atoms with van der Waals surface area (Å²) in [5.74, 6) is 1.41. The fourth-order valence-corrected chi connectivity index (χ4v) is 2.10. The molecule has 5 heteroatoms. The highest BCUT2D eigenvalue weighted by molar-refractivity contribution is 5.36. The minimum Gasteiger partial charge on any atom is -0.313 e. The third kappa shape index (κ3) is 3.22. The molecule has 0 unspecified atom stereocenters. The number of hydrogen-bond acceptors (Lipinski definition) is 3. The molecule has 108 valence electrons. The van der Waals surface area contributed by atoms with Gasteiger partial charge in [-0.1, -0.05) is 20.8 Å². The molecule has 0 aliphatic rings. The van der Waals surface area contributed by atoms with Crippen molar-refractivity contribution in [1.29, 1.82) is 0 Å². The zero-order valence-corrected chi connectivity index (χ0v) is 12.3. The number of benzene rings is 1. The highest BCUT2D eigenvalue weighted by atomic mass is 19.1. The van der Waals surface area contributed by atoms with Crippen molar-refractivity contribution in [3.8, 4) is 5.69 Å². The number of aryl methyl sites for hydroxylation is 2. The third-order valence-electron chi connectivity index (χ3n) is 3.12. The molecular weight excluding hydrogens is 255 g/mol. The maximum absolute atomic E-state index is 13.8. The van der Waals surface area contributed by atoms with E-state index >= 15 is 0 Å². The van der Waals surface area contributed by atoms with Crippen LogP contribution in [-0.4, -0.2) is 21.3 Å². The summed E-state index contributed by atoms with van der Waals surface area (Å²) in [5, 5.41) is 7.65. The summed E-state index contributed by atoms with van der Waals surface area (Å²) in [4.78, 5) is 4.46. The van der Waals surface area contributed by atoms with Crippen LogP contribution >= 0.6 is 0 Å². The Kier molecular flexibility index (Phi) is 4.84. The lowest BCUT2D eigenvalue weighted by molar-refractivity contribution is 0.618. The minimum atomic E-state index is -0.244. The van der Waals surface area contributed by atoms with E-state index in [-0.39, 0.29) is 5.82 Å². The van der Waals surface area contributed by atoms with Crippen molar-refractivity contribution in [1.82, 2.24) is 20.1 Å². The van der Waals surface area contributed by atoms with Crippen molar-refractivity contribution in [2.45, 2.75) is 40.2 Å². The van der Waals surface area contributed by atoms with Crippen LogP contribution in [0.25, 0.3) is 5.69 Å². The smallest absolute Gasteiger partial charge is 0.151 e. The summed E-state index contributed by atoms with van der Waals surface area (Å²) >= 11 is 0. The Morgan fingerprint density at radius 2 is 1.95 bits per heavy atom. The van der Waals surface area contributed by atoms with E-state index < -0.39 is 0 Å². The predicted octanol–water partition coefficient (Wildman–Crippen LogP) is 2.64. The number of nitrogens with zero attached hydrogens (tertiary/aromatic N) is 3. The van der Waals surface area contributed by atoms with E-state index in [1.165, 1.54) is 6.07 Å². The standard InChI is InChI=1S/C15H21FN4/c1-4-14-18-15(5-2)20(19-14)13-8-11(10-17-6-3)7-12(16)9-13/h7-9,17H,4-6,10H2,1-3H3. The van der Waals surface area contributed by atoms with Gasteiger partial charge in [0.1, 0.15) is 11.6 Å². The SMILES string of the molecule is CCNCc1cc(F)cc(-n2nc(CC)nc2CC)c1. The van der Waals surface area contributed by atoms with Gasteiger partial charge in [-0.2, -0.15) is 5.10 Å². The molecule has 0 spiro atoms. The Morgan fingerprint density at radius 1 is 1.15 bits per heavy atom. The van der Waals surface area contributed by atoms with Crippen LogP contribution in [0.4, 0.5) is 4.39 Å². The highest BCUT2D eigenvalue weighted by Gasteiger charge is 2.11. The van der Waals surface area contributed by atoms with Crippen LogP contribution in [0.3, 0.4) is 0 Å². The molecule has 1 N–H and O–H groups in total. The molecule has 0 saturated heterocycles. The van der Waals surface area contributed by atoms with Gasteiger partial charge in [0.2, 0.25) is 0 Å². The summed E-state index contributed by atoms with van der Waals surface area (Å²) < 4.78 is 15.5. The molecule has 0 amide bonds. The topological polar surface area (TPSA) is 42.7 Å². The molecule has 0 aliphatic carbocycles. The van der Waals surface area contributed by atoms with Gasteiger partial charge in [0.05, 0.1) is 5.69 Å². The number of hydrogen-bond donors (Lipinski definition) is 1. The normalized spacial score (nSPS) is 11.0. The minimum absolute atomic E-state index is 0.244. The summed E-state index contributed by atoms with van der Waals surface area (Å²) in [6.07, 6.45) is 1.55. The van der Waals surface area contributed by atoms with Crippen LogP contribution in [0.2, 0.25) is 0 Å². The highest BCUT2D eigenvalue weighted by Crippen LogP contribution is 2.15. The average molecular weight is 276 g/mol. The average Bonchev–Trinajstić information content (AvgIpc) is 2.88. The Morgan fingerprint density at radius 3 is 2.60 bits per heavy atom. The van der Waals surface area contributed by atoms with Gasteiger partial charge in [-0.3, -0.25) is 0 Å². The Balaban J connectivity index is 2.40. The molecule has 2 rings (SSSR count). The lowest BCUT2D eigenvalue weighted by Gasteiger charge is -2.08. The quantitative estimate of drug-likeness (QED) is 0.882. The van der Waals surface area contributed by atoms with Crippen molar-refractivity contribution in [3.63, 3.8) is 0 Å². The molecule has 2 aromatic rings. The Bertz CT molecular complexity index is 577. The van der Waals surface area contributed by atoms with Gasteiger partial charge < -0.3 is 5.32 Å². The molecule has 0 aliphatic heterocycles. The Labute approximate surface area is 119 Å². The summed E-state index contributed by atoms with van der Waals surface area (Å²) in [6, 6.07) is 5.01. The van der Waals surface area contributed by atoms with E-state index in [4.69, 9.17) is 0 Å². The van der Waals surface area contributed by atoms with E-state index in [1.807, 2.05) is 26.8 Å². The van der Waals surface area contributed by atoms with E-state index in [2.05, 4.69) is 15.4 Å². The first kappa shape index (κ1) is 14.7. The summed E-state index contributed by atoms with van der Waals surface area (Å²) in [6.45, 7) is 7.58. The van der Waals surface area contributed by atoms with Gasteiger partial charge in [0, 0.05) is 19.4 Å². The second-order valence-electron chi connectivity index (χ2n) is 4.66. The largest absolute Gasteiger partial charge is 0.313 e. The molecule has 1 aromatic carbocycles. The summed E-state index contributed by atoms with van der Waals surface area (Å²) in [5.41, 5.74) is 1.65. The second kappa shape index (κ2) is 6.61. The first-order chi connectivity index (χ1) is 9.67. The molecule has 0 saturated carbocycles. The lowest BCUT2D eigenvalue weighted by Crippen LogP contribution is -2.12. The molecule has 20 heavy (non-hydrogen) atoms. The van der Waals surface area contributed by atoms with Crippen LogP contribution in [0.1, 0.15) is 38.0 Å². The van der Waals surface area contributed by atoms with Crippen molar-refractivity contribution < 1.29 is 4.39 Å². The van der Waals surface area contributed by atoms with Crippen LogP contribution in [0, 0.1) is 5.82 Å². The van der Waals surface area contributed by atoms with E-state index in [0.29, 0.717) is 6.54 Å². The third-order valence-corrected chi connectivity index (χ3v) is 3.12. The summed E-state index contributed by atoms with van der Waals surface area (Å²) in [7, 11) is 0. The van der Waals surface area contributed by atoms with Gasteiger partial charge in [-0.25, -0.2) is 14.1 Å². The Hall–Kier alpha value is -1.75. The molecule has 1 heterocycles. The van der Waals surface area contributed by atoms with Gasteiger partial charge in [0.15, 0.2) is 5.82 Å². The van der Waals surface area contributed by atoms with Gasteiger partial charge >= 0.3 is 0 Å². The maximum Gasteiger partial charge on any atom is 0.151 e. The fraction of sp³-hybridized carbons (Fsp3) is 0.467. The number of halogens is 1. The van der Waals surface area contributed by atoms with Crippen molar-refractivity contribution in [2.75, 3.05) is 6.54 Å². The number of rotatable bonds is 6. The van der Waals surface area contributed by atoms with Crippen molar-refractivity contribution >= 4 is 0 Å². The van der Waals surface area contributed by atoms with Crippen LogP contribution < -0.4 is 5.32 Å². The zero-order valence-electron chi connectivity index (χ0n) is 12.3. The van der Waals surface area contributed by atoms with Gasteiger partial charge in [-0.05, 0) is 30.3 Å². The molecule has 1 aromatic heterocycles. The fourth-order valence-electron chi connectivity index (χ4n) is 2.10. The first-order valence-corrected chi connectivity index (χ1v) is 7.13. The van der Waals surface area contributed by atoms with E-state index in [9.17, 15) is 4.39 Å². The van der Waals surface area contributed by atoms with Crippen molar-refractivity contribution in [2.24, 2.45) is 0 Å². The van der Waals surface area contributed by atoms with Gasteiger partial charge in [0.25, 0.3) is 0 Å². The van der Waals surface area contributed by atoms with Crippen LogP contribution in [-0.2, 0) is 19.4 Å². The van der Waals surface area contributed by atoms with Crippen LogP contribution in [0.5, 0.6) is 0 Å².